The van der Waals surface area contributed by atoms with Crippen LogP contribution in [0.25, 0.3) is 0 Å². The molecule has 4 heteroatoms. The quantitative estimate of drug-likeness (QED) is 0.852. The van der Waals surface area contributed by atoms with Gasteiger partial charge in [0.05, 0.1) is 15.6 Å². The molecule has 0 saturated carbocycles. The first-order chi connectivity index (χ1) is 13.7. The molecule has 0 N–H and O–H groups in total. The predicted molar refractivity (Wildman–Crippen MR) is 90.1 cm³/mol. The number of ketones is 1. The maximum absolute atomic E-state index is 13.0. The van der Waals surface area contributed by atoms with Crippen molar-refractivity contribution in [2.45, 2.75) is 39.1 Å². The summed E-state index contributed by atoms with van der Waals surface area (Å²) in [7, 11) is 2.73. The van der Waals surface area contributed by atoms with E-state index in [4.69, 9.17) is 19.1 Å². The molecule has 2 heterocycles. The van der Waals surface area contributed by atoms with Crippen LogP contribution in [-0.2, 0) is 11.2 Å². The van der Waals surface area contributed by atoms with E-state index in [0.717, 1.165) is 0 Å². The highest BCUT2D eigenvalue weighted by molar-refractivity contribution is 5.83. The number of hydrogen-bond donors (Lipinski definition) is 0. The number of ether oxygens (including phenoxy) is 2. The molecule has 4 nitrogen and oxygen atoms in total. The molecule has 0 spiro atoms. The van der Waals surface area contributed by atoms with E-state index in [1.165, 1.54) is 26.4 Å². The minimum absolute atomic E-state index is 0.000460. The number of methoxy groups -OCH3 is 2. The van der Waals surface area contributed by atoms with Crippen LogP contribution in [0.15, 0.2) is 12.1 Å². The van der Waals surface area contributed by atoms with Gasteiger partial charge < -0.3 is 9.47 Å². The molecule has 0 aromatic heterocycles. The monoisotopic (exact) mass is 324 g/mol. The standard InChI is InChI=1S/C19H27NO3/c1-12(2)7-14-11-20-6-5-13-8-18(22-3)19(23-4)9-15(13)16(20)10-17(14)21/h8-9,12,14,16H,5-7,10-11H2,1-4H3/i5D2,6D2,11D2,16D. The lowest BCUT2D eigenvalue weighted by Crippen LogP contribution is -2.46. The van der Waals surface area contributed by atoms with E-state index in [0.29, 0.717) is 4.90 Å². The summed E-state index contributed by atoms with van der Waals surface area (Å²) in [6, 6.07) is 0.491. The van der Waals surface area contributed by atoms with Gasteiger partial charge in [-0.2, -0.15) is 0 Å². The lowest BCUT2D eigenvalue weighted by Gasteiger charge is -2.43. The van der Waals surface area contributed by atoms with Gasteiger partial charge in [-0.15, -0.1) is 0 Å². The fraction of sp³-hybridized carbons (Fsp3) is 0.632. The number of aryl methyl sites for hydroxylation is 1. The molecule has 2 aliphatic rings. The van der Waals surface area contributed by atoms with Gasteiger partial charge >= 0.3 is 0 Å². The first-order valence-electron chi connectivity index (χ1n) is 11.3. The van der Waals surface area contributed by atoms with E-state index in [2.05, 4.69) is 0 Å². The topological polar surface area (TPSA) is 38.8 Å². The van der Waals surface area contributed by atoms with E-state index >= 15 is 0 Å². The fourth-order valence-electron chi connectivity index (χ4n) is 2.98. The number of benzene rings is 1. The number of fused-ring (bicyclic) bond motifs is 3. The summed E-state index contributed by atoms with van der Waals surface area (Å²) >= 11 is 0. The maximum Gasteiger partial charge on any atom is 0.161 e. The smallest absolute Gasteiger partial charge is 0.161 e. The summed E-state index contributed by atoms with van der Waals surface area (Å²) in [5.41, 5.74) is -0.150. The first kappa shape index (κ1) is 9.67. The van der Waals surface area contributed by atoms with Crippen LogP contribution in [0.2, 0.25) is 0 Å². The highest BCUT2D eigenvalue weighted by atomic mass is 16.5. The van der Waals surface area contributed by atoms with Gasteiger partial charge in [0.15, 0.2) is 11.5 Å². The second kappa shape index (κ2) is 6.52. The molecule has 0 aliphatic carbocycles. The van der Waals surface area contributed by atoms with Crippen LogP contribution in [0.5, 0.6) is 11.5 Å². The Bertz CT molecular complexity index is 874. The maximum atomic E-state index is 13.0. The van der Waals surface area contributed by atoms with Gasteiger partial charge in [0, 0.05) is 39.6 Å². The summed E-state index contributed by atoms with van der Waals surface area (Å²) in [5, 5.41) is 0. The van der Waals surface area contributed by atoms with Crippen molar-refractivity contribution in [3.63, 3.8) is 0 Å². The average Bonchev–Trinajstić information content (AvgIpc) is 2.62. The molecular weight excluding hydrogens is 290 g/mol. The fourth-order valence-corrected chi connectivity index (χ4v) is 2.98. The first-order valence-corrected chi connectivity index (χ1v) is 7.76. The Morgan fingerprint density at radius 1 is 1.35 bits per heavy atom. The number of piperidine rings is 1. The van der Waals surface area contributed by atoms with Crippen LogP contribution in [0.3, 0.4) is 0 Å². The Morgan fingerprint density at radius 2 is 2.04 bits per heavy atom. The molecule has 1 aromatic rings. The summed E-state index contributed by atoms with van der Waals surface area (Å²) in [6.45, 7) is -1.80. The number of carbonyl (C=O) groups excluding carboxylic acids is 1. The van der Waals surface area contributed by atoms with Gasteiger partial charge in [-0.1, -0.05) is 13.8 Å². The van der Waals surface area contributed by atoms with Gasteiger partial charge in [0.2, 0.25) is 0 Å². The molecule has 2 aliphatic heterocycles. The molecule has 126 valence electrons. The van der Waals surface area contributed by atoms with Crippen molar-refractivity contribution in [2.24, 2.45) is 11.8 Å². The van der Waals surface area contributed by atoms with E-state index < -0.39 is 43.5 Å². The molecule has 2 unspecified atom stereocenters. The SMILES string of the molecule is [2H]C12CC(=O)C(CC(C)C)C([2H])([2H])N1C([2H])([2H])C([2H])([2H])c1cc(OC)c(OC)cc12. The third-order valence-electron chi connectivity index (χ3n) is 4.13. The second-order valence-corrected chi connectivity index (χ2v) is 6.23. The van der Waals surface area contributed by atoms with Crippen LogP contribution in [0.4, 0.5) is 0 Å². The molecule has 0 amide bonds. The Labute approximate surface area is 148 Å². The minimum atomic E-state index is -2.90. The van der Waals surface area contributed by atoms with E-state index in [1.807, 2.05) is 13.8 Å². The second-order valence-electron chi connectivity index (χ2n) is 6.23. The van der Waals surface area contributed by atoms with Gasteiger partial charge in [-0.05, 0) is 42.0 Å². The molecular formula is C19H27NO3. The van der Waals surface area contributed by atoms with Crippen LogP contribution in [0.1, 0.15) is 53.4 Å². The van der Waals surface area contributed by atoms with Crippen molar-refractivity contribution in [1.29, 1.82) is 0 Å². The van der Waals surface area contributed by atoms with E-state index in [-0.39, 0.29) is 35.0 Å². The zero-order valence-electron chi connectivity index (χ0n) is 20.9. The number of rotatable bonds is 4. The normalized spacial score (nSPS) is 38.6. The molecule has 23 heavy (non-hydrogen) atoms. The lowest BCUT2D eigenvalue weighted by atomic mass is 9.80. The van der Waals surface area contributed by atoms with Crippen LogP contribution < -0.4 is 9.47 Å². The van der Waals surface area contributed by atoms with Crippen molar-refractivity contribution < 1.29 is 23.9 Å². The highest BCUT2D eigenvalue weighted by Gasteiger charge is 2.38. The van der Waals surface area contributed by atoms with Gasteiger partial charge in [0.1, 0.15) is 5.78 Å². The van der Waals surface area contributed by atoms with E-state index in [9.17, 15) is 4.79 Å². The number of nitrogens with zero attached hydrogens (tertiary/aromatic N) is 1. The number of hydrogen-bond acceptors (Lipinski definition) is 4. The Hall–Kier alpha value is -1.55. The third-order valence-corrected chi connectivity index (χ3v) is 4.13. The molecule has 1 fully saturated rings. The van der Waals surface area contributed by atoms with Crippen LogP contribution in [0, 0.1) is 11.8 Å². The molecule has 1 saturated heterocycles. The third kappa shape index (κ3) is 3.09. The molecule has 1 aromatic carbocycles. The van der Waals surface area contributed by atoms with Crippen molar-refractivity contribution in [2.75, 3.05) is 27.2 Å². The number of Topliss-reactive ketones (excluding diaryl/α,β-unsaturated/α-hetero) is 1. The Balaban J connectivity index is 2.34. The minimum Gasteiger partial charge on any atom is -0.493 e. The Morgan fingerprint density at radius 3 is 2.70 bits per heavy atom. The zero-order chi connectivity index (χ0) is 22.9. The van der Waals surface area contributed by atoms with Crippen molar-refractivity contribution in [3.8, 4) is 11.5 Å². The van der Waals surface area contributed by atoms with Crippen molar-refractivity contribution >= 4 is 5.78 Å². The van der Waals surface area contributed by atoms with Crippen molar-refractivity contribution in [1.82, 2.24) is 4.90 Å². The summed E-state index contributed by atoms with van der Waals surface area (Å²) in [6.07, 6.45) is -2.96. The molecule has 2 atom stereocenters. The summed E-state index contributed by atoms with van der Waals surface area (Å²) in [4.78, 5) is 13.6. The van der Waals surface area contributed by atoms with Gasteiger partial charge in [0.25, 0.3) is 0 Å². The van der Waals surface area contributed by atoms with Gasteiger partial charge in [-0.25, -0.2) is 0 Å². The average molecular weight is 324 g/mol. The molecule has 3 rings (SSSR count). The number of carbonyl (C=O) groups is 1. The highest BCUT2D eigenvalue weighted by Crippen LogP contribution is 2.42. The van der Waals surface area contributed by atoms with Crippen LogP contribution >= 0.6 is 0 Å². The predicted octanol–water partition coefficient (Wildman–Crippen LogP) is 3.24. The largest absolute Gasteiger partial charge is 0.493 e. The Kier molecular flexibility index (Phi) is 2.74. The molecule has 0 radical (unpaired) electrons. The summed E-state index contributed by atoms with van der Waals surface area (Å²) in [5.74, 6) is -1.31. The van der Waals surface area contributed by atoms with Crippen LogP contribution in [-0.4, -0.2) is 37.9 Å². The van der Waals surface area contributed by atoms with Crippen molar-refractivity contribution in [3.05, 3.63) is 23.3 Å². The summed E-state index contributed by atoms with van der Waals surface area (Å²) < 4.78 is 71.4. The zero-order valence-corrected chi connectivity index (χ0v) is 13.9. The lowest BCUT2D eigenvalue weighted by molar-refractivity contribution is -0.129. The van der Waals surface area contributed by atoms with E-state index in [1.54, 1.807) is 0 Å². The van der Waals surface area contributed by atoms with Gasteiger partial charge in [-0.3, -0.25) is 9.69 Å². The molecule has 0 bridgehead atoms.